The average molecular weight is 378 g/mol. The fourth-order valence-electron chi connectivity index (χ4n) is 3.65. The Bertz CT molecular complexity index is 1240. The lowest BCUT2D eigenvalue weighted by Gasteiger charge is -2.34. The molecule has 1 aliphatic rings. The Morgan fingerprint density at radius 2 is 1.93 bits per heavy atom. The highest BCUT2D eigenvalue weighted by Crippen LogP contribution is 2.26. The van der Waals surface area contributed by atoms with Crippen molar-refractivity contribution in [2.75, 3.05) is 38.1 Å². The van der Waals surface area contributed by atoms with Gasteiger partial charge < -0.3 is 18.6 Å². The monoisotopic (exact) mass is 378 g/mol. The Balaban J connectivity index is 1.56. The SMILES string of the molecule is CN1CCN(c2ccc3cc(-c4cn5cccc(F)c5n4)c(=O)oc3c2)CC1. The zero-order valence-corrected chi connectivity index (χ0v) is 15.4. The molecule has 3 aromatic heterocycles. The number of nitrogens with zero attached hydrogens (tertiary/aromatic N) is 4. The number of anilines is 1. The molecule has 0 aliphatic carbocycles. The number of hydrogen-bond acceptors (Lipinski definition) is 5. The second kappa shape index (κ2) is 6.45. The molecule has 4 heterocycles. The zero-order chi connectivity index (χ0) is 19.3. The van der Waals surface area contributed by atoms with Gasteiger partial charge in [-0.05, 0) is 37.4 Å². The summed E-state index contributed by atoms with van der Waals surface area (Å²) in [7, 11) is 2.11. The molecule has 0 saturated carbocycles. The van der Waals surface area contributed by atoms with E-state index in [9.17, 15) is 9.18 Å². The third-order valence-electron chi connectivity index (χ3n) is 5.30. The van der Waals surface area contributed by atoms with Crippen molar-refractivity contribution >= 4 is 22.3 Å². The van der Waals surface area contributed by atoms with Gasteiger partial charge in [-0.3, -0.25) is 0 Å². The first-order valence-electron chi connectivity index (χ1n) is 9.23. The van der Waals surface area contributed by atoms with Crippen molar-refractivity contribution in [3.63, 3.8) is 0 Å². The van der Waals surface area contributed by atoms with Gasteiger partial charge in [0.05, 0.1) is 11.3 Å². The van der Waals surface area contributed by atoms with E-state index >= 15 is 0 Å². The van der Waals surface area contributed by atoms with Crippen molar-refractivity contribution in [2.24, 2.45) is 0 Å². The van der Waals surface area contributed by atoms with Crippen molar-refractivity contribution in [1.82, 2.24) is 14.3 Å². The average Bonchev–Trinajstić information content (AvgIpc) is 3.13. The summed E-state index contributed by atoms with van der Waals surface area (Å²) in [6.07, 6.45) is 3.33. The predicted octanol–water partition coefficient (Wildman–Crippen LogP) is 3.00. The molecule has 0 atom stereocenters. The summed E-state index contributed by atoms with van der Waals surface area (Å²) < 4.78 is 21.1. The molecule has 1 aliphatic heterocycles. The molecule has 0 radical (unpaired) electrons. The second-order valence-corrected chi connectivity index (χ2v) is 7.17. The van der Waals surface area contributed by atoms with Gasteiger partial charge in [0.25, 0.3) is 0 Å². The molecular weight excluding hydrogens is 359 g/mol. The molecule has 5 rings (SSSR count). The van der Waals surface area contributed by atoms with E-state index in [0.29, 0.717) is 16.8 Å². The van der Waals surface area contributed by atoms with E-state index in [1.807, 2.05) is 18.2 Å². The number of fused-ring (bicyclic) bond motifs is 2. The van der Waals surface area contributed by atoms with Gasteiger partial charge in [-0.1, -0.05) is 0 Å². The van der Waals surface area contributed by atoms with Crippen molar-refractivity contribution in [2.45, 2.75) is 0 Å². The maximum absolute atomic E-state index is 13.9. The smallest absolute Gasteiger partial charge is 0.345 e. The van der Waals surface area contributed by atoms with E-state index in [0.717, 1.165) is 37.3 Å². The van der Waals surface area contributed by atoms with Crippen LogP contribution >= 0.6 is 0 Å². The van der Waals surface area contributed by atoms with Gasteiger partial charge in [-0.2, -0.15) is 0 Å². The number of benzene rings is 1. The van der Waals surface area contributed by atoms with Crippen LogP contribution in [-0.2, 0) is 0 Å². The molecule has 0 amide bonds. The molecule has 28 heavy (non-hydrogen) atoms. The van der Waals surface area contributed by atoms with Gasteiger partial charge in [0, 0.05) is 55.7 Å². The Morgan fingerprint density at radius 3 is 2.71 bits per heavy atom. The van der Waals surface area contributed by atoms with E-state index in [2.05, 4.69) is 21.8 Å². The number of halogens is 1. The molecule has 142 valence electrons. The molecule has 1 saturated heterocycles. The van der Waals surface area contributed by atoms with E-state index in [4.69, 9.17) is 4.42 Å². The topological polar surface area (TPSA) is 54.0 Å². The zero-order valence-electron chi connectivity index (χ0n) is 15.4. The van der Waals surface area contributed by atoms with Crippen LogP contribution in [0.2, 0.25) is 0 Å². The summed E-state index contributed by atoms with van der Waals surface area (Å²) in [4.78, 5) is 21.4. The Kier molecular flexibility index (Phi) is 3.91. The second-order valence-electron chi connectivity index (χ2n) is 7.17. The van der Waals surface area contributed by atoms with Crippen LogP contribution < -0.4 is 10.5 Å². The highest BCUT2D eigenvalue weighted by molar-refractivity contribution is 5.84. The number of likely N-dealkylation sites (N-methyl/N-ethyl adjacent to an activating group) is 1. The van der Waals surface area contributed by atoms with E-state index in [1.54, 1.807) is 28.9 Å². The molecule has 0 N–H and O–H groups in total. The first kappa shape index (κ1) is 16.9. The van der Waals surface area contributed by atoms with Gasteiger partial charge in [-0.15, -0.1) is 0 Å². The van der Waals surface area contributed by atoms with E-state index in [-0.39, 0.29) is 5.65 Å². The maximum atomic E-state index is 13.9. The van der Waals surface area contributed by atoms with Crippen LogP contribution in [0.25, 0.3) is 27.9 Å². The Hall–Kier alpha value is -3.19. The summed E-state index contributed by atoms with van der Waals surface area (Å²) in [5.74, 6) is -0.434. The number of imidazole rings is 1. The third-order valence-corrected chi connectivity index (χ3v) is 5.30. The van der Waals surface area contributed by atoms with Crippen molar-refractivity contribution in [1.29, 1.82) is 0 Å². The minimum atomic E-state index is -0.480. The number of pyridine rings is 1. The lowest BCUT2D eigenvalue weighted by atomic mass is 10.1. The Morgan fingerprint density at radius 1 is 1.11 bits per heavy atom. The Labute approximate surface area is 160 Å². The van der Waals surface area contributed by atoms with Crippen molar-refractivity contribution in [3.05, 3.63) is 65.0 Å². The number of piperazine rings is 1. The fraction of sp³-hybridized carbons (Fsp3) is 0.238. The largest absolute Gasteiger partial charge is 0.422 e. The minimum absolute atomic E-state index is 0.183. The van der Waals surface area contributed by atoms with Crippen LogP contribution in [0.15, 0.2) is 58.0 Å². The molecule has 1 aromatic carbocycles. The lowest BCUT2D eigenvalue weighted by Crippen LogP contribution is -2.44. The predicted molar refractivity (Wildman–Crippen MR) is 106 cm³/mol. The molecule has 7 heteroatoms. The lowest BCUT2D eigenvalue weighted by molar-refractivity contribution is 0.313. The highest BCUT2D eigenvalue weighted by Gasteiger charge is 2.17. The fourth-order valence-corrected chi connectivity index (χ4v) is 3.65. The van der Waals surface area contributed by atoms with Crippen LogP contribution in [0.3, 0.4) is 0 Å². The molecule has 4 aromatic rings. The van der Waals surface area contributed by atoms with Gasteiger partial charge >= 0.3 is 5.63 Å². The molecule has 0 bridgehead atoms. The first-order valence-corrected chi connectivity index (χ1v) is 9.23. The van der Waals surface area contributed by atoms with Gasteiger partial charge in [0.2, 0.25) is 0 Å². The van der Waals surface area contributed by atoms with E-state index in [1.165, 1.54) is 6.07 Å². The third kappa shape index (κ3) is 2.84. The molecule has 6 nitrogen and oxygen atoms in total. The van der Waals surface area contributed by atoms with Crippen molar-refractivity contribution < 1.29 is 8.81 Å². The van der Waals surface area contributed by atoms with Crippen LogP contribution in [0.4, 0.5) is 10.1 Å². The highest BCUT2D eigenvalue weighted by atomic mass is 19.1. The van der Waals surface area contributed by atoms with Crippen LogP contribution in [-0.4, -0.2) is 47.5 Å². The molecule has 0 unspecified atom stereocenters. The van der Waals surface area contributed by atoms with Crippen LogP contribution in [0.5, 0.6) is 0 Å². The quantitative estimate of drug-likeness (QED) is 0.502. The summed E-state index contributed by atoms with van der Waals surface area (Å²) >= 11 is 0. The molecular formula is C21H19FN4O2. The van der Waals surface area contributed by atoms with Gasteiger partial charge in [-0.25, -0.2) is 14.2 Å². The summed E-state index contributed by atoms with van der Waals surface area (Å²) in [5.41, 5.74) is 2.01. The normalized spacial score (nSPS) is 15.6. The maximum Gasteiger partial charge on any atom is 0.345 e. The van der Waals surface area contributed by atoms with Crippen LogP contribution in [0.1, 0.15) is 0 Å². The number of hydrogen-bond donors (Lipinski definition) is 0. The number of rotatable bonds is 2. The minimum Gasteiger partial charge on any atom is -0.422 e. The van der Waals surface area contributed by atoms with Gasteiger partial charge in [0.15, 0.2) is 11.5 Å². The van der Waals surface area contributed by atoms with Crippen LogP contribution in [0, 0.1) is 5.82 Å². The summed E-state index contributed by atoms with van der Waals surface area (Å²) in [5, 5.41) is 0.810. The summed E-state index contributed by atoms with van der Waals surface area (Å²) in [6, 6.07) is 10.6. The number of aromatic nitrogens is 2. The molecule has 0 spiro atoms. The van der Waals surface area contributed by atoms with Crippen molar-refractivity contribution in [3.8, 4) is 11.3 Å². The van der Waals surface area contributed by atoms with E-state index < -0.39 is 11.4 Å². The molecule has 1 fully saturated rings. The van der Waals surface area contributed by atoms with Gasteiger partial charge in [0.1, 0.15) is 5.58 Å². The first-order chi connectivity index (χ1) is 13.6. The standard InChI is InChI=1S/C21H19FN4O2/c1-24-7-9-25(10-8-24)15-5-4-14-11-16(21(27)28-19(14)12-15)18-13-26-6-2-3-17(22)20(26)23-18/h2-6,11-13H,7-10H2,1H3. The summed E-state index contributed by atoms with van der Waals surface area (Å²) in [6.45, 7) is 3.89.